The van der Waals surface area contributed by atoms with Gasteiger partial charge in [0.1, 0.15) is 24.4 Å². The zero-order valence-corrected chi connectivity index (χ0v) is 13.4. The van der Waals surface area contributed by atoms with E-state index in [4.69, 9.17) is 35.3 Å². The van der Waals surface area contributed by atoms with E-state index in [0.717, 1.165) is 5.56 Å². The number of hydrogen-bond acceptors (Lipinski definition) is 6. The van der Waals surface area contributed by atoms with Crippen LogP contribution in [0.4, 0.5) is 0 Å². The van der Waals surface area contributed by atoms with Gasteiger partial charge in [0.15, 0.2) is 18.4 Å². The molecule has 1 aromatic rings. The zero-order valence-electron chi connectivity index (χ0n) is 12.6. The van der Waals surface area contributed by atoms with E-state index in [1.165, 1.54) is 0 Å². The van der Waals surface area contributed by atoms with Crippen molar-refractivity contribution in [1.82, 2.24) is 0 Å². The summed E-state index contributed by atoms with van der Waals surface area (Å²) < 4.78 is 29.0. The summed E-state index contributed by atoms with van der Waals surface area (Å²) in [7, 11) is 0. The summed E-state index contributed by atoms with van der Waals surface area (Å²) >= 11 is 5.87. The van der Waals surface area contributed by atoms with Gasteiger partial charge in [-0.1, -0.05) is 30.3 Å². The van der Waals surface area contributed by atoms with Crippen LogP contribution in [0.2, 0.25) is 0 Å². The summed E-state index contributed by atoms with van der Waals surface area (Å²) in [5.74, 6) is -0.819. The number of rotatable bonds is 2. The van der Waals surface area contributed by atoms with Crippen molar-refractivity contribution in [2.45, 2.75) is 49.7 Å². The lowest BCUT2D eigenvalue weighted by atomic mass is 9.98. The molecular formula is C16H19ClO6. The number of halogens is 1. The minimum atomic E-state index is -0.967. The number of hydrogen-bond donors (Lipinski definition) is 1. The first-order chi connectivity index (χ1) is 11.1. The van der Waals surface area contributed by atoms with Crippen LogP contribution in [0, 0.1) is 0 Å². The third-order valence-corrected chi connectivity index (χ3v) is 4.86. The van der Waals surface area contributed by atoms with Gasteiger partial charge in [-0.3, -0.25) is 0 Å². The van der Waals surface area contributed by atoms with Gasteiger partial charge in [-0.25, -0.2) is 0 Å². The van der Waals surface area contributed by atoms with Gasteiger partial charge >= 0.3 is 0 Å². The number of aliphatic hydroxyl groups excluding tert-OH is 1. The Morgan fingerprint density at radius 2 is 1.96 bits per heavy atom. The third kappa shape index (κ3) is 2.78. The normalized spacial score (nSPS) is 46.2. The van der Waals surface area contributed by atoms with Gasteiger partial charge in [-0.2, -0.15) is 0 Å². The maximum atomic E-state index is 10.7. The van der Waals surface area contributed by atoms with Gasteiger partial charge in [0.2, 0.25) is 0 Å². The summed E-state index contributed by atoms with van der Waals surface area (Å²) in [4.78, 5) is 0. The molecule has 0 bridgehead atoms. The van der Waals surface area contributed by atoms with Crippen LogP contribution in [0.25, 0.3) is 0 Å². The first-order valence-electron chi connectivity index (χ1n) is 7.67. The number of benzene rings is 1. The molecule has 0 spiro atoms. The maximum absolute atomic E-state index is 10.7. The molecule has 126 valence electrons. The van der Waals surface area contributed by atoms with E-state index < -0.39 is 42.8 Å². The number of ether oxygens (including phenoxy) is 5. The smallest absolute Gasteiger partial charge is 0.190 e. The zero-order chi connectivity index (χ0) is 16.0. The Morgan fingerprint density at radius 3 is 2.70 bits per heavy atom. The molecule has 3 fully saturated rings. The Morgan fingerprint density at radius 1 is 1.17 bits per heavy atom. The second kappa shape index (κ2) is 5.97. The molecule has 1 N–H and O–H groups in total. The number of aliphatic hydroxyl groups is 1. The van der Waals surface area contributed by atoms with E-state index in [0.29, 0.717) is 6.61 Å². The summed E-state index contributed by atoms with van der Waals surface area (Å²) in [5, 5.41) is 10.7. The highest BCUT2D eigenvalue weighted by Crippen LogP contribution is 2.41. The molecule has 1 aromatic carbocycles. The highest BCUT2D eigenvalue weighted by atomic mass is 35.5. The molecule has 3 saturated heterocycles. The van der Waals surface area contributed by atoms with E-state index in [-0.39, 0.29) is 5.88 Å². The first kappa shape index (κ1) is 15.8. The molecule has 0 amide bonds. The van der Waals surface area contributed by atoms with Crippen LogP contribution in [-0.2, 0) is 23.7 Å². The quantitative estimate of drug-likeness (QED) is 0.823. The van der Waals surface area contributed by atoms with Crippen molar-refractivity contribution in [3.8, 4) is 0 Å². The van der Waals surface area contributed by atoms with Crippen molar-refractivity contribution >= 4 is 11.6 Å². The van der Waals surface area contributed by atoms with Gasteiger partial charge in [-0.15, -0.1) is 11.6 Å². The Hall–Kier alpha value is -0.730. The molecule has 7 heteroatoms. The molecule has 3 aliphatic heterocycles. The van der Waals surface area contributed by atoms with Gasteiger partial charge in [0.25, 0.3) is 0 Å². The van der Waals surface area contributed by atoms with E-state index in [1.807, 2.05) is 30.3 Å². The van der Waals surface area contributed by atoms with E-state index in [9.17, 15) is 5.11 Å². The van der Waals surface area contributed by atoms with E-state index >= 15 is 0 Å². The molecule has 2 unspecified atom stereocenters. The second-order valence-corrected chi connectivity index (χ2v) is 6.45. The summed E-state index contributed by atoms with van der Waals surface area (Å²) in [6.07, 6.45) is -3.66. The standard InChI is InChI=1S/C16H19ClO6/c1-16(8-17)22-13-11(18)12-10(20-15(13)23-16)7-19-14(21-12)9-5-3-2-4-6-9/h2-6,10-15,18H,7-8H2,1H3/t10-,11+,12-,13-,14?,15-,16?/m1/s1. The van der Waals surface area contributed by atoms with Gasteiger partial charge < -0.3 is 28.8 Å². The fourth-order valence-electron chi connectivity index (χ4n) is 3.19. The first-order valence-corrected chi connectivity index (χ1v) is 8.20. The monoisotopic (exact) mass is 342 g/mol. The molecule has 7 atom stereocenters. The molecule has 3 aliphatic rings. The molecule has 0 saturated carbocycles. The molecule has 23 heavy (non-hydrogen) atoms. The average Bonchev–Trinajstić information content (AvgIpc) is 2.93. The number of alkyl halides is 1. The topological polar surface area (TPSA) is 66.4 Å². The minimum Gasteiger partial charge on any atom is -0.387 e. The largest absolute Gasteiger partial charge is 0.387 e. The van der Waals surface area contributed by atoms with Crippen molar-refractivity contribution in [2.75, 3.05) is 12.5 Å². The minimum absolute atomic E-state index is 0.148. The third-order valence-electron chi connectivity index (χ3n) is 4.37. The molecule has 3 heterocycles. The predicted octanol–water partition coefficient (Wildman–Crippen LogP) is 1.56. The van der Waals surface area contributed by atoms with Crippen molar-refractivity contribution in [1.29, 1.82) is 0 Å². The van der Waals surface area contributed by atoms with Crippen molar-refractivity contribution in [3.63, 3.8) is 0 Å². The fourth-order valence-corrected chi connectivity index (χ4v) is 3.32. The van der Waals surface area contributed by atoms with Crippen molar-refractivity contribution in [2.24, 2.45) is 0 Å². The molecule has 0 aliphatic carbocycles. The van der Waals surface area contributed by atoms with Crippen LogP contribution in [0.1, 0.15) is 18.8 Å². The van der Waals surface area contributed by atoms with Crippen LogP contribution in [0.15, 0.2) is 30.3 Å². The van der Waals surface area contributed by atoms with Gasteiger partial charge in [0, 0.05) is 5.56 Å². The lowest BCUT2D eigenvalue weighted by molar-refractivity contribution is -0.338. The van der Waals surface area contributed by atoms with Crippen LogP contribution >= 0.6 is 11.6 Å². The Kier molecular flexibility index (Phi) is 4.09. The van der Waals surface area contributed by atoms with Crippen LogP contribution in [0.5, 0.6) is 0 Å². The molecule has 0 radical (unpaired) electrons. The second-order valence-electron chi connectivity index (χ2n) is 6.18. The summed E-state index contributed by atoms with van der Waals surface area (Å²) in [6.45, 7) is 2.04. The SMILES string of the molecule is CC1(CCl)O[C@H]2O[C@@H]3COC(c4ccccc4)O[C@H]3[C@H](O)[C@H]2O1. The number of fused-ring (bicyclic) bond motifs is 2. The maximum Gasteiger partial charge on any atom is 0.190 e. The molecular weight excluding hydrogens is 324 g/mol. The van der Waals surface area contributed by atoms with Gasteiger partial charge in [0.05, 0.1) is 12.5 Å². The Bertz CT molecular complexity index is 557. The Labute approximate surface area is 139 Å². The molecule has 4 rings (SSSR count). The van der Waals surface area contributed by atoms with Crippen molar-refractivity contribution in [3.05, 3.63) is 35.9 Å². The van der Waals surface area contributed by atoms with Crippen LogP contribution < -0.4 is 0 Å². The summed E-state index contributed by atoms with van der Waals surface area (Å²) in [6, 6.07) is 9.60. The van der Waals surface area contributed by atoms with E-state index in [1.54, 1.807) is 6.92 Å². The lowest BCUT2D eigenvalue weighted by Gasteiger charge is -2.44. The molecule has 0 aromatic heterocycles. The lowest BCUT2D eigenvalue weighted by Crippen LogP contribution is -2.60. The van der Waals surface area contributed by atoms with Gasteiger partial charge in [-0.05, 0) is 6.92 Å². The van der Waals surface area contributed by atoms with Crippen LogP contribution in [-0.4, -0.2) is 54.1 Å². The average molecular weight is 343 g/mol. The fraction of sp³-hybridized carbons (Fsp3) is 0.625. The van der Waals surface area contributed by atoms with Crippen LogP contribution in [0.3, 0.4) is 0 Å². The Balaban J connectivity index is 1.51. The van der Waals surface area contributed by atoms with Crippen molar-refractivity contribution < 1.29 is 28.8 Å². The predicted molar refractivity (Wildman–Crippen MR) is 79.8 cm³/mol. The van der Waals surface area contributed by atoms with E-state index in [2.05, 4.69) is 0 Å². The molecule has 6 nitrogen and oxygen atoms in total. The highest BCUT2D eigenvalue weighted by Gasteiger charge is 2.57. The highest BCUT2D eigenvalue weighted by molar-refractivity contribution is 6.18. The summed E-state index contributed by atoms with van der Waals surface area (Å²) in [5.41, 5.74) is 0.898.